The molecule has 0 aliphatic rings. The average molecular weight is 346 g/mol. The van der Waals surface area contributed by atoms with Crippen molar-refractivity contribution in [3.8, 4) is 0 Å². The number of rotatable bonds is 4. The highest BCUT2D eigenvalue weighted by molar-refractivity contribution is 14.1. The molecule has 0 aliphatic carbocycles. The summed E-state index contributed by atoms with van der Waals surface area (Å²) in [6, 6.07) is 5.86. The van der Waals surface area contributed by atoms with Gasteiger partial charge in [-0.1, -0.05) is 19.9 Å². The van der Waals surface area contributed by atoms with Crippen LogP contribution in [0.2, 0.25) is 0 Å². The molecule has 0 unspecified atom stereocenters. The van der Waals surface area contributed by atoms with E-state index in [2.05, 4.69) is 27.9 Å². The molecule has 0 spiro atoms. The van der Waals surface area contributed by atoms with Gasteiger partial charge in [0.2, 0.25) is 5.91 Å². The number of hydrogen-bond acceptors (Lipinski definition) is 2. The Labute approximate surface area is 116 Å². The standard InChI is InChI=1S/C13H19IN2O/c1-4-13(15,5-2)12(17)16-10-7-6-9(3)11(14)8-10/h6-8H,4-5,15H2,1-3H3,(H,16,17). The summed E-state index contributed by atoms with van der Waals surface area (Å²) in [5.41, 5.74) is 7.28. The van der Waals surface area contributed by atoms with E-state index in [-0.39, 0.29) is 5.91 Å². The van der Waals surface area contributed by atoms with E-state index >= 15 is 0 Å². The molecule has 0 bridgehead atoms. The molecule has 17 heavy (non-hydrogen) atoms. The van der Waals surface area contributed by atoms with Crippen molar-refractivity contribution in [3.05, 3.63) is 27.3 Å². The minimum absolute atomic E-state index is 0.109. The molecule has 0 radical (unpaired) electrons. The molecule has 0 saturated heterocycles. The largest absolute Gasteiger partial charge is 0.324 e. The zero-order chi connectivity index (χ0) is 13.1. The third kappa shape index (κ3) is 3.42. The predicted octanol–water partition coefficient (Wildman–Crippen LogP) is 3.06. The van der Waals surface area contributed by atoms with Gasteiger partial charge < -0.3 is 11.1 Å². The van der Waals surface area contributed by atoms with Gasteiger partial charge in [-0.2, -0.15) is 0 Å². The Morgan fingerprint density at radius 3 is 2.47 bits per heavy atom. The van der Waals surface area contributed by atoms with Crippen molar-refractivity contribution in [3.63, 3.8) is 0 Å². The lowest BCUT2D eigenvalue weighted by Gasteiger charge is -2.25. The molecule has 0 aromatic heterocycles. The molecule has 0 saturated carbocycles. The number of hydrogen-bond donors (Lipinski definition) is 2. The van der Waals surface area contributed by atoms with Crippen LogP contribution in [0.3, 0.4) is 0 Å². The third-order valence-electron chi connectivity index (χ3n) is 3.14. The van der Waals surface area contributed by atoms with Gasteiger partial charge in [0, 0.05) is 9.26 Å². The Kier molecular flexibility index (Phi) is 4.94. The average Bonchev–Trinajstić information content (AvgIpc) is 2.32. The van der Waals surface area contributed by atoms with Gasteiger partial charge in [-0.3, -0.25) is 4.79 Å². The highest BCUT2D eigenvalue weighted by atomic mass is 127. The van der Waals surface area contributed by atoms with E-state index in [0.29, 0.717) is 12.8 Å². The minimum atomic E-state index is -0.768. The molecule has 0 fully saturated rings. The van der Waals surface area contributed by atoms with Crippen molar-refractivity contribution in [2.75, 3.05) is 5.32 Å². The number of anilines is 1. The Morgan fingerprint density at radius 2 is 2.00 bits per heavy atom. The monoisotopic (exact) mass is 346 g/mol. The molecule has 0 atom stereocenters. The molecular formula is C13H19IN2O. The number of halogens is 1. The third-order valence-corrected chi connectivity index (χ3v) is 4.31. The lowest BCUT2D eigenvalue weighted by atomic mass is 9.93. The van der Waals surface area contributed by atoms with Crippen molar-refractivity contribution in [2.24, 2.45) is 5.73 Å². The smallest absolute Gasteiger partial charge is 0.244 e. The molecule has 0 heterocycles. The Morgan fingerprint density at radius 1 is 1.41 bits per heavy atom. The van der Waals surface area contributed by atoms with Crippen LogP contribution >= 0.6 is 22.6 Å². The summed E-state index contributed by atoms with van der Waals surface area (Å²) >= 11 is 2.25. The molecular weight excluding hydrogens is 327 g/mol. The van der Waals surface area contributed by atoms with Crippen molar-refractivity contribution in [1.82, 2.24) is 0 Å². The molecule has 0 aliphatic heterocycles. The van der Waals surface area contributed by atoms with Gasteiger partial charge >= 0.3 is 0 Å². The fraction of sp³-hybridized carbons (Fsp3) is 0.462. The van der Waals surface area contributed by atoms with Gasteiger partial charge in [-0.25, -0.2) is 0 Å². The van der Waals surface area contributed by atoms with Crippen LogP contribution in [0, 0.1) is 10.5 Å². The zero-order valence-electron chi connectivity index (χ0n) is 10.5. The lowest BCUT2D eigenvalue weighted by Crippen LogP contribution is -2.50. The van der Waals surface area contributed by atoms with Crippen LogP contribution < -0.4 is 11.1 Å². The Bertz CT molecular complexity index is 414. The van der Waals surface area contributed by atoms with Crippen molar-refractivity contribution >= 4 is 34.2 Å². The SMILES string of the molecule is CCC(N)(CC)C(=O)Nc1ccc(C)c(I)c1. The first-order chi connectivity index (χ1) is 7.92. The summed E-state index contributed by atoms with van der Waals surface area (Å²) in [5.74, 6) is -0.109. The van der Waals surface area contributed by atoms with Crippen LogP contribution in [0.1, 0.15) is 32.3 Å². The van der Waals surface area contributed by atoms with E-state index in [4.69, 9.17) is 5.73 Å². The van der Waals surface area contributed by atoms with Crippen LogP contribution in [0.15, 0.2) is 18.2 Å². The summed E-state index contributed by atoms with van der Waals surface area (Å²) < 4.78 is 1.14. The van der Waals surface area contributed by atoms with Gasteiger partial charge in [-0.15, -0.1) is 0 Å². The molecule has 3 N–H and O–H groups in total. The highest BCUT2D eigenvalue weighted by Crippen LogP contribution is 2.19. The maximum atomic E-state index is 12.1. The number of nitrogens with two attached hydrogens (primary N) is 1. The Balaban J connectivity index is 2.84. The summed E-state index contributed by atoms with van der Waals surface area (Å²) in [7, 11) is 0. The number of aryl methyl sites for hydroxylation is 1. The number of carbonyl (C=O) groups excluding carboxylic acids is 1. The molecule has 3 nitrogen and oxygen atoms in total. The number of carbonyl (C=O) groups is 1. The molecule has 4 heteroatoms. The van der Waals surface area contributed by atoms with Gasteiger partial charge in [0.05, 0.1) is 5.54 Å². The first kappa shape index (κ1) is 14.4. The van der Waals surface area contributed by atoms with Crippen LogP contribution in [-0.4, -0.2) is 11.4 Å². The number of benzene rings is 1. The van der Waals surface area contributed by atoms with E-state index in [0.717, 1.165) is 9.26 Å². The van der Waals surface area contributed by atoms with Gasteiger partial charge in [0.15, 0.2) is 0 Å². The van der Waals surface area contributed by atoms with E-state index in [1.165, 1.54) is 5.56 Å². The maximum absolute atomic E-state index is 12.1. The van der Waals surface area contributed by atoms with Gasteiger partial charge in [0.1, 0.15) is 0 Å². The summed E-state index contributed by atoms with van der Waals surface area (Å²) in [6.45, 7) is 5.91. The normalized spacial score (nSPS) is 11.4. The van der Waals surface area contributed by atoms with E-state index in [9.17, 15) is 4.79 Å². The first-order valence-corrected chi connectivity index (χ1v) is 6.87. The van der Waals surface area contributed by atoms with Crippen molar-refractivity contribution in [2.45, 2.75) is 39.2 Å². The Hall–Kier alpha value is -0.620. The molecule has 94 valence electrons. The van der Waals surface area contributed by atoms with Gasteiger partial charge in [-0.05, 0) is 60.1 Å². The topological polar surface area (TPSA) is 55.1 Å². The predicted molar refractivity (Wildman–Crippen MR) is 80.0 cm³/mol. The quantitative estimate of drug-likeness (QED) is 0.824. The van der Waals surface area contributed by atoms with Crippen LogP contribution in [0.5, 0.6) is 0 Å². The molecule has 1 aromatic rings. The second kappa shape index (κ2) is 5.82. The second-order valence-corrected chi connectivity index (χ2v) is 5.44. The van der Waals surface area contributed by atoms with E-state index in [1.807, 2.05) is 39.0 Å². The van der Waals surface area contributed by atoms with Gasteiger partial charge in [0.25, 0.3) is 0 Å². The zero-order valence-corrected chi connectivity index (χ0v) is 12.7. The summed E-state index contributed by atoms with van der Waals surface area (Å²) in [5, 5.41) is 2.88. The minimum Gasteiger partial charge on any atom is -0.324 e. The summed E-state index contributed by atoms with van der Waals surface area (Å²) in [6.07, 6.45) is 1.27. The van der Waals surface area contributed by atoms with Crippen molar-refractivity contribution < 1.29 is 4.79 Å². The molecule has 1 rings (SSSR count). The van der Waals surface area contributed by atoms with Crippen molar-refractivity contribution in [1.29, 1.82) is 0 Å². The molecule has 1 amide bonds. The lowest BCUT2D eigenvalue weighted by molar-refractivity contribution is -0.121. The van der Waals surface area contributed by atoms with Crippen LogP contribution in [-0.2, 0) is 4.79 Å². The first-order valence-electron chi connectivity index (χ1n) is 5.79. The fourth-order valence-electron chi connectivity index (χ4n) is 1.50. The molecule has 1 aromatic carbocycles. The van der Waals surface area contributed by atoms with Crippen LogP contribution in [0.4, 0.5) is 5.69 Å². The number of amides is 1. The second-order valence-electron chi connectivity index (χ2n) is 4.28. The maximum Gasteiger partial charge on any atom is 0.244 e. The fourth-order valence-corrected chi connectivity index (χ4v) is 2.01. The highest BCUT2D eigenvalue weighted by Gasteiger charge is 2.29. The number of nitrogens with one attached hydrogen (secondary N) is 1. The van der Waals surface area contributed by atoms with E-state index < -0.39 is 5.54 Å². The summed E-state index contributed by atoms with van der Waals surface area (Å²) in [4.78, 5) is 12.1. The van der Waals surface area contributed by atoms with E-state index in [1.54, 1.807) is 0 Å². The van der Waals surface area contributed by atoms with Crippen LogP contribution in [0.25, 0.3) is 0 Å².